The molecule has 0 aromatic carbocycles. The number of hydrazine groups is 1. The summed E-state index contributed by atoms with van der Waals surface area (Å²) in [4.78, 5) is 14.3. The fourth-order valence-electron chi connectivity index (χ4n) is 3.65. The van der Waals surface area contributed by atoms with Crippen molar-refractivity contribution in [2.45, 2.75) is 64.0 Å². The summed E-state index contributed by atoms with van der Waals surface area (Å²) in [6, 6.07) is 0.635. The van der Waals surface area contributed by atoms with E-state index in [0.717, 1.165) is 25.3 Å². The van der Waals surface area contributed by atoms with Crippen molar-refractivity contribution in [2.75, 3.05) is 6.54 Å². The molecule has 0 aromatic rings. The molecule has 2 aliphatic rings. The van der Waals surface area contributed by atoms with Crippen molar-refractivity contribution in [1.82, 2.24) is 10.3 Å². The first-order chi connectivity index (χ1) is 8.27. The number of carbonyl (C=O) groups is 1. The Balaban J connectivity index is 2.05. The molecule has 1 aliphatic heterocycles. The highest BCUT2D eigenvalue weighted by molar-refractivity contribution is 5.81. The summed E-state index contributed by atoms with van der Waals surface area (Å²) in [6.07, 6.45) is 8.53. The Bertz CT molecular complexity index is 269. The fraction of sp³-hybridized carbons (Fsp3) is 0.923. The Morgan fingerprint density at radius 1 is 1.41 bits per heavy atom. The van der Waals surface area contributed by atoms with E-state index in [1.165, 1.54) is 32.1 Å². The third-order valence-corrected chi connectivity index (χ3v) is 4.46. The number of rotatable bonds is 4. The van der Waals surface area contributed by atoms with Crippen LogP contribution in [0, 0.1) is 5.92 Å². The summed E-state index contributed by atoms with van der Waals surface area (Å²) in [6.45, 7) is 3.21. The molecule has 0 bridgehead atoms. The predicted molar refractivity (Wildman–Crippen MR) is 68.1 cm³/mol. The number of nitrogens with two attached hydrogens (primary N) is 1. The standard InChI is InChI=1S/C13H25N3O/c1-2-5-12(13(17)15-14)16-9-8-10-6-3-4-7-11(10)16/h10-12H,2-9,14H2,1H3,(H,15,17). The Hall–Kier alpha value is -0.610. The Morgan fingerprint density at radius 3 is 2.88 bits per heavy atom. The van der Waals surface area contributed by atoms with Crippen LogP contribution in [0.5, 0.6) is 0 Å². The fourth-order valence-corrected chi connectivity index (χ4v) is 3.65. The van der Waals surface area contributed by atoms with Gasteiger partial charge in [-0.1, -0.05) is 26.2 Å². The third kappa shape index (κ3) is 2.63. The molecule has 1 amide bonds. The summed E-state index contributed by atoms with van der Waals surface area (Å²) in [5.74, 6) is 6.14. The molecule has 4 nitrogen and oxygen atoms in total. The van der Waals surface area contributed by atoms with Crippen LogP contribution in [0.1, 0.15) is 51.9 Å². The number of nitrogens with one attached hydrogen (secondary N) is 1. The SMILES string of the molecule is CCCC(C(=O)NN)N1CCC2CCCCC21. The van der Waals surface area contributed by atoms with Crippen LogP contribution < -0.4 is 11.3 Å². The molecule has 1 aliphatic carbocycles. The number of hydrogen-bond donors (Lipinski definition) is 2. The van der Waals surface area contributed by atoms with Crippen molar-refractivity contribution < 1.29 is 4.79 Å². The highest BCUT2D eigenvalue weighted by atomic mass is 16.2. The zero-order chi connectivity index (χ0) is 12.3. The van der Waals surface area contributed by atoms with Gasteiger partial charge in [0.15, 0.2) is 0 Å². The molecule has 1 saturated carbocycles. The first-order valence-electron chi connectivity index (χ1n) is 7.04. The maximum atomic E-state index is 11.9. The van der Waals surface area contributed by atoms with Crippen molar-refractivity contribution in [1.29, 1.82) is 0 Å². The second-order valence-corrected chi connectivity index (χ2v) is 5.45. The Labute approximate surface area is 104 Å². The van der Waals surface area contributed by atoms with Crippen LogP contribution in [0.3, 0.4) is 0 Å². The molecule has 17 heavy (non-hydrogen) atoms. The van der Waals surface area contributed by atoms with Gasteiger partial charge in [-0.25, -0.2) is 5.84 Å². The van der Waals surface area contributed by atoms with E-state index in [1.54, 1.807) is 0 Å². The van der Waals surface area contributed by atoms with E-state index in [4.69, 9.17) is 5.84 Å². The molecule has 2 rings (SSSR count). The first kappa shape index (κ1) is 12.8. The van der Waals surface area contributed by atoms with Crippen molar-refractivity contribution in [3.05, 3.63) is 0 Å². The largest absolute Gasteiger partial charge is 0.293 e. The number of amides is 1. The van der Waals surface area contributed by atoms with Gasteiger partial charge in [-0.2, -0.15) is 0 Å². The van der Waals surface area contributed by atoms with Gasteiger partial charge in [-0.15, -0.1) is 0 Å². The molecular weight excluding hydrogens is 214 g/mol. The third-order valence-electron chi connectivity index (χ3n) is 4.46. The van der Waals surface area contributed by atoms with Crippen molar-refractivity contribution in [3.63, 3.8) is 0 Å². The number of hydrogen-bond acceptors (Lipinski definition) is 3. The molecule has 0 spiro atoms. The van der Waals surface area contributed by atoms with Crippen LogP contribution in [0.2, 0.25) is 0 Å². The van der Waals surface area contributed by atoms with Gasteiger partial charge in [-0.05, 0) is 38.1 Å². The molecular formula is C13H25N3O. The smallest absolute Gasteiger partial charge is 0.251 e. The lowest BCUT2D eigenvalue weighted by Gasteiger charge is -2.36. The number of fused-ring (bicyclic) bond motifs is 1. The molecule has 0 aromatic heterocycles. The minimum atomic E-state index is -0.00178. The Kier molecular flexibility index (Phi) is 4.40. The zero-order valence-corrected chi connectivity index (χ0v) is 10.8. The van der Waals surface area contributed by atoms with Crippen LogP contribution in [0.25, 0.3) is 0 Å². The van der Waals surface area contributed by atoms with E-state index in [0.29, 0.717) is 6.04 Å². The Morgan fingerprint density at radius 2 is 2.18 bits per heavy atom. The predicted octanol–water partition coefficient (Wildman–Crippen LogP) is 1.41. The summed E-state index contributed by atoms with van der Waals surface area (Å²) < 4.78 is 0. The molecule has 4 heteroatoms. The average Bonchev–Trinajstić information content (AvgIpc) is 2.79. The van der Waals surface area contributed by atoms with E-state index < -0.39 is 0 Å². The average molecular weight is 239 g/mol. The maximum absolute atomic E-state index is 11.9. The van der Waals surface area contributed by atoms with Crippen molar-refractivity contribution >= 4 is 5.91 Å². The summed E-state index contributed by atoms with van der Waals surface area (Å²) >= 11 is 0. The van der Waals surface area contributed by atoms with E-state index in [2.05, 4.69) is 17.2 Å². The summed E-state index contributed by atoms with van der Waals surface area (Å²) in [5.41, 5.74) is 2.34. The maximum Gasteiger partial charge on any atom is 0.251 e. The topological polar surface area (TPSA) is 58.4 Å². The molecule has 3 N–H and O–H groups in total. The van der Waals surface area contributed by atoms with Gasteiger partial charge in [0.25, 0.3) is 5.91 Å². The molecule has 3 atom stereocenters. The highest BCUT2D eigenvalue weighted by Crippen LogP contribution is 2.37. The second-order valence-electron chi connectivity index (χ2n) is 5.45. The molecule has 3 unspecified atom stereocenters. The number of carbonyl (C=O) groups excluding carboxylic acids is 1. The van der Waals surface area contributed by atoms with Gasteiger partial charge in [0.05, 0.1) is 6.04 Å². The van der Waals surface area contributed by atoms with Crippen LogP contribution in [0.15, 0.2) is 0 Å². The lowest BCUT2D eigenvalue weighted by molar-refractivity contribution is -0.127. The highest BCUT2D eigenvalue weighted by Gasteiger charge is 2.40. The van der Waals surface area contributed by atoms with Gasteiger partial charge in [0, 0.05) is 6.04 Å². The van der Waals surface area contributed by atoms with Crippen LogP contribution in [-0.2, 0) is 4.79 Å². The lowest BCUT2D eigenvalue weighted by Crippen LogP contribution is -2.51. The van der Waals surface area contributed by atoms with E-state index in [1.807, 2.05) is 0 Å². The van der Waals surface area contributed by atoms with E-state index >= 15 is 0 Å². The van der Waals surface area contributed by atoms with Gasteiger partial charge in [0.1, 0.15) is 0 Å². The molecule has 2 fully saturated rings. The van der Waals surface area contributed by atoms with Crippen LogP contribution >= 0.6 is 0 Å². The number of nitrogens with zero attached hydrogens (tertiary/aromatic N) is 1. The normalized spacial score (nSPS) is 30.9. The zero-order valence-electron chi connectivity index (χ0n) is 10.8. The monoisotopic (exact) mass is 239 g/mol. The van der Waals surface area contributed by atoms with Crippen molar-refractivity contribution in [2.24, 2.45) is 11.8 Å². The van der Waals surface area contributed by atoms with Gasteiger partial charge in [0.2, 0.25) is 0 Å². The van der Waals surface area contributed by atoms with Crippen LogP contribution in [-0.4, -0.2) is 29.4 Å². The van der Waals surface area contributed by atoms with Crippen LogP contribution in [0.4, 0.5) is 0 Å². The van der Waals surface area contributed by atoms with Gasteiger partial charge in [-0.3, -0.25) is 15.1 Å². The van der Waals surface area contributed by atoms with E-state index in [9.17, 15) is 4.79 Å². The second kappa shape index (κ2) is 5.83. The quantitative estimate of drug-likeness (QED) is 0.443. The summed E-state index contributed by atoms with van der Waals surface area (Å²) in [7, 11) is 0. The molecule has 0 radical (unpaired) electrons. The summed E-state index contributed by atoms with van der Waals surface area (Å²) in [5, 5.41) is 0. The van der Waals surface area contributed by atoms with Gasteiger partial charge >= 0.3 is 0 Å². The van der Waals surface area contributed by atoms with Crippen molar-refractivity contribution in [3.8, 4) is 0 Å². The molecule has 1 saturated heterocycles. The first-order valence-corrected chi connectivity index (χ1v) is 7.04. The van der Waals surface area contributed by atoms with E-state index in [-0.39, 0.29) is 11.9 Å². The van der Waals surface area contributed by atoms with Gasteiger partial charge < -0.3 is 0 Å². The molecule has 98 valence electrons. The minimum Gasteiger partial charge on any atom is -0.293 e. The molecule has 1 heterocycles. The number of likely N-dealkylation sites (tertiary alicyclic amines) is 1. The lowest BCUT2D eigenvalue weighted by atomic mass is 9.85. The minimum absolute atomic E-state index is 0.00176.